The Labute approximate surface area is 134 Å². The summed E-state index contributed by atoms with van der Waals surface area (Å²) in [4.78, 5) is 24.8. The predicted octanol–water partition coefficient (Wildman–Crippen LogP) is 4.12. The number of carbonyl (C=O) groups excluding carboxylic acids is 1. The van der Waals surface area contributed by atoms with Gasteiger partial charge in [-0.05, 0) is 25.0 Å². The first-order valence-corrected chi connectivity index (χ1v) is 7.68. The second kappa shape index (κ2) is 8.20. The van der Waals surface area contributed by atoms with Gasteiger partial charge in [-0.25, -0.2) is 0 Å². The largest absolute Gasteiger partial charge is 0.334 e. The van der Waals surface area contributed by atoms with Gasteiger partial charge in [0.1, 0.15) is 5.56 Å². The highest BCUT2D eigenvalue weighted by molar-refractivity contribution is 6.31. The van der Waals surface area contributed by atoms with E-state index in [0.717, 1.165) is 12.8 Å². The summed E-state index contributed by atoms with van der Waals surface area (Å²) in [5.74, 6) is -0.130. The molecule has 0 N–H and O–H groups in total. The Morgan fingerprint density at radius 2 is 2.00 bits per heavy atom. The maximum Gasteiger partial charge on any atom is 0.282 e. The van der Waals surface area contributed by atoms with Crippen molar-refractivity contribution < 1.29 is 9.72 Å². The van der Waals surface area contributed by atoms with Gasteiger partial charge in [0.15, 0.2) is 0 Å². The van der Waals surface area contributed by atoms with Crippen LogP contribution >= 0.6 is 23.2 Å². The SMILES string of the molecule is CCC(CC)N(CCCl)C(=O)c1cc(Cl)ccc1[N+](=O)[O-]. The summed E-state index contributed by atoms with van der Waals surface area (Å²) in [5, 5.41) is 11.4. The maximum absolute atomic E-state index is 12.7. The Balaban J connectivity index is 3.25. The zero-order chi connectivity index (χ0) is 16.0. The summed E-state index contributed by atoms with van der Waals surface area (Å²) in [5.41, 5.74) is -0.237. The number of nitro groups is 1. The Morgan fingerprint density at radius 1 is 1.38 bits per heavy atom. The molecule has 0 spiro atoms. The van der Waals surface area contributed by atoms with Gasteiger partial charge in [0, 0.05) is 29.6 Å². The molecule has 0 aromatic heterocycles. The first-order valence-electron chi connectivity index (χ1n) is 6.77. The molecule has 1 amide bonds. The monoisotopic (exact) mass is 332 g/mol. The number of nitro benzene ring substituents is 1. The minimum atomic E-state index is -0.574. The minimum Gasteiger partial charge on any atom is -0.334 e. The van der Waals surface area contributed by atoms with E-state index in [1.54, 1.807) is 4.90 Å². The summed E-state index contributed by atoms with van der Waals surface area (Å²) >= 11 is 11.6. The highest BCUT2D eigenvalue weighted by atomic mass is 35.5. The molecule has 0 bridgehead atoms. The van der Waals surface area contributed by atoms with E-state index in [4.69, 9.17) is 23.2 Å². The van der Waals surface area contributed by atoms with Crippen molar-refractivity contribution in [2.75, 3.05) is 12.4 Å². The van der Waals surface area contributed by atoms with E-state index < -0.39 is 10.8 Å². The molecule has 1 aromatic carbocycles. The molecule has 0 radical (unpaired) electrons. The van der Waals surface area contributed by atoms with Crippen molar-refractivity contribution in [2.24, 2.45) is 0 Å². The first-order chi connectivity index (χ1) is 9.96. The number of carbonyl (C=O) groups is 1. The molecule has 0 atom stereocenters. The normalized spacial score (nSPS) is 10.7. The van der Waals surface area contributed by atoms with E-state index in [9.17, 15) is 14.9 Å². The first kappa shape index (κ1) is 17.7. The molecule has 0 aliphatic heterocycles. The van der Waals surface area contributed by atoms with E-state index in [1.165, 1.54) is 18.2 Å². The smallest absolute Gasteiger partial charge is 0.282 e. The molecule has 0 unspecified atom stereocenters. The summed E-state index contributed by atoms with van der Waals surface area (Å²) in [6.45, 7) is 4.28. The lowest BCUT2D eigenvalue weighted by Crippen LogP contribution is -2.41. The predicted molar refractivity (Wildman–Crippen MR) is 84.2 cm³/mol. The number of halogens is 2. The molecule has 0 fully saturated rings. The molecule has 7 heteroatoms. The van der Waals surface area contributed by atoms with Crippen LogP contribution < -0.4 is 0 Å². The molecular formula is C14H18Cl2N2O3. The molecule has 1 rings (SSSR count). The van der Waals surface area contributed by atoms with Crippen LogP contribution in [0.25, 0.3) is 0 Å². The van der Waals surface area contributed by atoms with Crippen LogP contribution in [0.4, 0.5) is 5.69 Å². The number of nitrogens with zero attached hydrogens (tertiary/aromatic N) is 2. The zero-order valence-corrected chi connectivity index (χ0v) is 13.5. The highest BCUT2D eigenvalue weighted by Crippen LogP contribution is 2.25. The van der Waals surface area contributed by atoms with Crippen molar-refractivity contribution in [1.82, 2.24) is 4.90 Å². The van der Waals surface area contributed by atoms with E-state index in [2.05, 4.69) is 0 Å². The third-order valence-corrected chi connectivity index (χ3v) is 3.76. The summed E-state index contributed by atoms with van der Waals surface area (Å²) in [6.07, 6.45) is 1.51. The number of alkyl halides is 1. The lowest BCUT2D eigenvalue weighted by Gasteiger charge is -2.30. The Morgan fingerprint density at radius 3 is 2.48 bits per heavy atom. The number of hydrogen-bond acceptors (Lipinski definition) is 3. The number of amides is 1. The molecule has 21 heavy (non-hydrogen) atoms. The fraction of sp³-hybridized carbons (Fsp3) is 0.500. The fourth-order valence-corrected chi connectivity index (χ4v) is 2.62. The van der Waals surface area contributed by atoms with Gasteiger partial charge in [-0.15, -0.1) is 11.6 Å². The molecule has 5 nitrogen and oxygen atoms in total. The van der Waals surface area contributed by atoms with Crippen LogP contribution in [0.1, 0.15) is 37.0 Å². The quantitative estimate of drug-likeness (QED) is 0.428. The third-order valence-electron chi connectivity index (χ3n) is 3.36. The van der Waals surface area contributed by atoms with Crippen molar-refractivity contribution in [2.45, 2.75) is 32.7 Å². The summed E-state index contributed by atoms with van der Waals surface area (Å²) < 4.78 is 0. The molecule has 0 saturated carbocycles. The minimum absolute atomic E-state index is 0.00418. The van der Waals surface area contributed by atoms with E-state index in [0.29, 0.717) is 11.6 Å². The number of benzene rings is 1. The average molecular weight is 333 g/mol. The van der Waals surface area contributed by atoms with Crippen LogP contribution in [-0.4, -0.2) is 34.2 Å². The van der Waals surface area contributed by atoms with Crippen molar-refractivity contribution >= 4 is 34.8 Å². The van der Waals surface area contributed by atoms with Gasteiger partial charge in [-0.1, -0.05) is 25.4 Å². The van der Waals surface area contributed by atoms with Crippen LogP contribution in [0, 0.1) is 10.1 Å². The van der Waals surface area contributed by atoms with Gasteiger partial charge in [-0.3, -0.25) is 14.9 Å². The number of hydrogen-bond donors (Lipinski definition) is 0. The van der Waals surface area contributed by atoms with Crippen molar-refractivity contribution in [3.8, 4) is 0 Å². The zero-order valence-electron chi connectivity index (χ0n) is 12.0. The molecule has 0 aliphatic carbocycles. The lowest BCUT2D eigenvalue weighted by atomic mass is 10.1. The van der Waals surface area contributed by atoms with Crippen LogP contribution in [0.3, 0.4) is 0 Å². The standard InChI is InChI=1S/C14H18Cl2N2O3/c1-3-11(4-2)17(8-7-15)14(19)12-9-10(16)5-6-13(12)18(20)21/h5-6,9,11H,3-4,7-8H2,1-2H3. The van der Waals surface area contributed by atoms with Gasteiger partial charge in [0.2, 0.25) is 0 Å². The Bertz CT molecular complexity index is 519. The summed E-state index contributed by atoms with van der Waals surface area (Å²) in [6, 6.07) is 3.99. The van der Waals surface area contributed by atoms with Crippen molar-refractivity contribution in [3.05, 3.63) is 38.9 Å². The molecule has 116 valence electrons. The fourth-order valence-electron chi connectivity index (χ4n) is 2.26. The second-order valence-corrected chi connectivity index (χ2v) is 5.39. The van der Waals surface area contributed by atoms with Gasteiger partial charge in [0.25, 0.3) is 11.6 Å². The Kier molecular flexibility index (Phi) is 6.92. The highest BCUT2D eigenvalue weighted by Gasteiger charge is 2.28. The number of rotatable bonds is 7. The van der Waals surface area contributed by atoms with Gasteiger partial charge in [0.05, 0.1) is 4.92 Å². The third kappa shape index (κ3) is 4.32. The molecule has 1 aromatic rings. The molecule has 0 saturated heterocycles. The molecule has 0 aliphatic rings. The van der Waals surface area contributed by atoms with E-state index in [-0.39, 0.29) is 23.2 Å². The van der Waals surface area contributed by atoms with Crippen LogP contribution in [0.15, 0.2) is 18.2 Å². The van der Waals surface area contributed by atoms with Crippen molar-refractivity contribution in [3.63, 3.8) is 0 Å². The van der Waals surface area contributed by atoms with Gasteiger partial charge < -0.3 is 4.90 Å². The summed E-state index contributed by atoms with van der Waals surface area (Å²) in [7, 11) is 0. The average Bonchev–Trinajstić information content (AvgIpc) is 2.46. The second-order valence-electron chi connectivity index (χ2n) is 4.58. The van der Waals surface area contributed by atoms with Crippen LogP contribution in [0.2, 0.25) is 5.02 Å². The van der Waals surface area contributed by atoms with Crippen LogP contribution in [0.5, 0.6) is 0 Å². The van der Waals surface area contributed by atoms with Gasteiger partial charge >= 0.3 is 0 Å². The van der Waals surface area contributed by atoms with Crippen LogP contribution in [-0.2, 0) is 0 Å². The van der Waals surface area contributed by atoms with Crippen molar-refractivity contribution in [1.29, 1.82) is 0 Å². The van der Waals surface area contributed by atoms with E-state index >= 15 is 0 Å². The molecular weight excluding hydrogens is 315 g/mol. The Hall–Kier alpha value is -1.33. The lowest BCUT2D eigenvalue weighted by molar-refractivity contribution is -0.385. The topological polar surface area (TPSA) is 63.5 Å². The molecule has 0 heterocycles. The van der Waals surface area contributed by atoms with E-state index in [1.807, 2.05) is 13.8 Å². The maximum atomic E-state index is 12.7. The van der Waals surface area contributed by atoms with Gasteiger partial charge in [-0.2, -0.15) is 0 Å².